The Bertz CT molecular complexity index is 757. The molecule has 3 rings (SSSR count). The number of hydrogen-bond acceptors (Lipinski definition) is 6. The highest BCUT2D eigenvalue weighted by molar-refractivity contribution is 5.87. The van der Waals surface area contributed by atoms with Crippen molar-refractivity contribution < 1.29 is 4.92 Å². The van der Waals surface area contributed by atoms with Crippen molar-refractivity contribution in [1.29, 1.82) is 0 Å². The molecular weight excluding hydrogens is 274 g/mol. The summed E-state index contributed by atoms with van der Waals surface area (Å²) >= 11 is 0. The standard InChI is InChI=1S/C13H15N5O3/c1-8-6-17(3-2-14-8)11-5-10-9(4-12(11)18(20)21)13(19)16-7-15-10/h4-5,7-8,14H,2-3,6H2,1H3,(H,15,16,19)/t8-/m1/s1. The molecule has 0 saturated carbocycles. The average molecular weight is 289 g/mol. The second-order valence-electron chi connectivity index (χ2n) is 5.15. The number of hydrogen-bond donors (Lipinski definition) is 2. The smallest absolute Gasteiger partial charge is 0.293 e. The first-order valence-corrected chi connectivity index (χ1v) is 6.70. The Morgan fingerprint density at radius 2 is 2.29 bits per heavy atom. The van der Waals surface area contributed by atoms with Crippen LogP contribution in [0.25, 0.3) is 10.9 Å². The van der Waals surface area contributed by atoms with Crippen molar-refractivity contribution in [1.82, 2.24) is 15.3 Å². The number of aromatic nitrogens is 2. The van der Waals surface area contributed by atoms with Crippen molar-refractivity contribution in [2.45, 2.75) is 13.0 Å². The predicted octanol–water partition coefficient (Wildman–Crippen LogP) is 0.629. The van der Waals surface area contributed by atoms with Gasteiger partial charge in [-0.25, -0.2) is 4.98 Å². The first-order chi connectivity index (χ1) is 10.1. The third-order valence-corrected chi connectivity index (χ3v) is 3.64. The molecule has 8 heteroatoms. The summed E-state index contributed by atoms with van der Waals surface area (Å²) in [5.41, 5.74) is 0.544. The van der Waals surface area contributed by atoms with Crippen molar-refractivity contribution in [3.05, 3.63) is 38.9 Å². The molecule has 1 fully saturated rings. The van der Waals surface area contributed by atoms with E-state index in [0.717, 1.165) is 6.54 Å². The van der Waals surface area contributed by atoms with Crippen LogP contribution >= 0.6 is 0 Å². The first-order valence-electron chi connectivity index (χ1n) is 6.70. The van der Waals surface area contributed by atoms with Gasteiger partial charge in [0, 0.05) is 31.7 Å². The number of nitro groups is 1. The number of H-pyrrole nitrogens is 1. The van der Waals surface area contributed by atoms with Gasteiger partial charge in [0.25, 0.3) is 11.2 Å². The second kappa shape index (κ2) is 5.13. The fraction of sp³-hybridized carbons (Fsp3) is 0.385. The molecule has 1 aliphatic rings. The van der Waals surface area contributed by atoms with Crippen molar-refractivity contribution in [2.24, 2.45) is 0 Å². The highest BCUT2D eigenvalue weighted by Crippen LogP contribution is 2.31. The summed E-state index contributed by atoms with van der Waals surface area (Å²) in [7, 11) is 0. The van der Waals surface area contributed by atoms with Gasteiger partial charge in [0.2, 0.25) is 0 Å². The van der Waals surface area contributed by atoms with Gasteiger partial charge in [-0.05, 0) is 13.0 Å². The highest BCUT2D eigenvalue weighted by atomic mass is 16.6. The number of nitrogens with zero attached hydrogens (tertiary/aromatic N) is 3. The Hall–Kier alpha value is -2.48. The number of rotatable bonds is 2. The molecule has 1 aromatic carbocycles. The number of nitro benzene ring substituents is 1. The van der Waals surface area contributed by atoms with E-state index in [-0.39, 0.29) is 22.7 Å². The van der Waals surface area contributed by atoms with Crippen LogP contribution < -0.4 is 15.8 Å². The number of benzene rings is 1. The highest BCUT2D eigenvalue weighted by Gasteiger charge is 2.25. The van der Waals surface area contributed by atoms with E-state index in [1.807, 2.05) is 11.8 Å². The van der Waals surface area contributed by atoms with Crippen molar-refractivity contribution in [3.63, 3.8) is 0 Å². The molecule has 0 unspecified atom stereocenters. The summed E-state index contributed by atoms with van der Waals surface area (Å²) < 4.78 is 0. The summed E-state index contributed by atoms with van der Waals surface area (Å²) in [6.45, 7) is 4.15. The van der Waals surface area contributed by atoms with Gasteiger partial charge >= 0.3 is 0 Å². The summed E-state index contributed by atoms with van der Waals surface area (Å²) in [5.74, 6) is 0. The lowest BCUT2D eigenvalue weighted by Crippen LogP contribution is -2.49. The van der Waals surface area contributed by atoms with E-state index in [1.165, 1.54) is 12.4 Å². The van der Waals surface area contributed by atoms with Gasteiger partial charge in [0.1, 0.15) is 5.69 Å². The fourth-order valence-electron chi connectivity index (χ4n) is 2.64. The van der Waals surface area contributed by atoms with E-state index in [9.17, 15) is 14.9 Å². The van der Waals surface area contributed by atoms with E-state index in [2.05, 4.69) is 15.3 Å². The lowest BCUT2D eigenvalue weighted by Gasteiger charge is -2.33. The largest absolute Gasteiger partial charge is 0.363 e. The van der Waals surface area contributed by atoms with Gasteiger partial charge in [0.05, 0.1) is 22.2 Å². The minimum atomic E-state index is -0.450. The first kappa shape index (κ1) is 13.5. The van der Waals surface area contributed by atoms with Crippen LogP contribution in [0.2, 0.25) is 0 Å². The maximum absolute atomic E-state index is 11.8. The molecule has 2 N–H and O–H groups in total. The molecule has 8 nitrogen and oxygen atoms in total. The number of anilines is 1. The molecule has 1 aromatic heterocycles. The zero-order chi connectivity index (χ0) is 15.0. The van der Waals surface area contributed by atoms with Crippen LogP contribution in [0.5, 0.6) is 0 Å². The molecule has 0 amide bonds. The predicted molar refractivity (Wildman–Crippen MR) is 78.7 cm³/mol. The number of aromatic amines is 1. The monoisotopic (exact) mass is 289 g/mol. The maximum atomic E-state index is 11.8. The van der Waals surface area contributed by atoms with Crippen LogP contribution in [0, 0.1) is 10.1 Å². The molecule has 1 atom stereocenters. The molecule has 2 heterocycles. The maximum Gasteiger partial charge on any atom is 0.293 e. The minimum Gasteiger partial charge on any atom is -0.363 e. The van der Waals surface area contributed by atoms with Gasteiger partial charge in [-0.1, -0.05) is 0 Å². The number of fused-ring (bicyclic) bond motifs is 1. The van der Waals surface area contributed by atoms with Crippen LogP contribution in [0.15, 0.2) is 23.3 Å². The SMILES string of the molecule is C[C@@H]1CN(c2cc3nc[nH]c(=O)c3cc2[N+](=O)[O-])CCN1. The van der Waals surface area contributed by atoms with Gasteiger partial charge in [-0.2, -0.15) is 0 Å². The zero-order valence-electron chi connectivity index (χ0n) is 11.5. The topological polar surface area (TPSA) is 104 Å². The molecule has 21 heavy (non-hydrogen) atoms. The summed E-state index contributed by atoms with van der Waals surface area (Å²) in [6, 6.07) is 3.19. The summed E-state index contributed by atoms with van der Waals surface area (Å²) in [6.07, 6.45) is 1.31. The van der Waals surface area contributed by atoms with E-state index in [0.29, 0.717) is 24.3 Å². The lowest BCUT2D eigenvalue weighted by atomic mass is 10.1. The molecule has 2 aromatic rings. The minimum absolute atomic E-state index is 0.0601. The molecule has 0 radical (unpaired) electrons. The van der Waals surface area contributed by atoms with Crippen LogP contribution in [0.3, 0.4) is 0 Å². The summed E-state index contributed by atoms with van der Waals surface area (Å²) in [5, 5.41) is 14.9. The van der Waals surface area contributed by atoms with Crippen molar-refractivity contribution >= 4 is 22.3 Å². The third-order valence-electron chi connectivity index (χ3n) is 3.64. The van der Waals surface area contributed by atoms with Gasteiger partial charge in [-0.3, -0.25) is 14.9 Å². The van der Waals surface area contributed by atoms with Gasteiger partial charge in [0.15, 0.2) is 0 Å². The normalized spacial score (nSPS) is 18.9. The van der Waals surface area contributed by atoms with Crippen LogP contribution in [-0.2, 0) is 0 Å². The Morgan fingerprint density at radius 3 is 3.00 bits per heavy atom. The van der Waals surface area contributed by atoms with Gasteiger partial charge < -0.3 is 15.2 Å². The van der Waals surface area contributed by atoms with Crippen LogP contribution in [0.1, 0.15) is 6.92 Å². The molecule has 110 valence electrons. The Kier molecular flexibility index (Phi) is 3.30. The number of piperazine rings is 1. The van der Waals surface area contributed by atoms with Gasteiger partial charge in [-0.15, -0.1) is 0 Å². The average Bonchev–Trinajstić information content (AvgIpc) is 2.46. The van der Waals surface area contributed by atoms with E-state index >= 15 is 0 Å². The second-order valence-corrected chi connectivity index (χ2v) is 5.15. The van der Waals surface area contributed by atoms with E-state index < -0.39 is 4.92 Å². The van der Waals surface area contributed by atoms with Crippen LogP contribution in [-0.4, -0.2) is 40.6 Å². The molecule has 0 aliphatic carbocycles. The third kappa shape index (κ3) is 2.45. The molecule has 1 saturated heterocycles. The van der Waals surface area contributed by atoms with Crippen molar-refractivity contribution in [3.8, 4) is 0 Å². The zero-order valence-corrected chi connectivity index (χ0v) is 11.5. The Morgan fingerprint density at radius 1 is 1.48 bits per heavy atom. The van der Waals surface area contributed by atoms with E-state index in [1.54, 1.807) is 6.07 Å². The molecular formula is C13H15N5O3. The summed E-state index contributed by atoms with van der Waals surface area (Å²) in [4.78, 5) is 31.1. The molecule has 0 bridgehead atoms. The fourth-order valence-corrected chi connectivity index (χ4v) is 2.64. The molecule has 0 spiro atoms. The van der Waals surface area contributed by atoms with Crippen LogP contribution in [0.4, 0.5) is 11.4 Å². The van der Waals surface area contributed by atoms with Crippen molar-refractivity contribution in [2.75, 3.05) is 24.5 Å². The quantitative estimate of drug-likeness (QED) is 0.620. The lowest BCUT2D eigenvalue weighted by molar-refractivity contribution is -0.384. The molecule has 1 aliphatic heterocycles. The Balaban J connectivity index is 2.18. The Labute approximate surface area is 119 Å². The number of nitrogens with one attached hydrogen (secondary N) is 2. The van der Waals surface area contributed by atoms with E-state index in [4.69, 9.17) is 0 Å².